The van der Waals surface area contributed by atoms with Crippen molar-refractivity contribution < 1.29 is 39.0 Å². The van der Waals surface area contributed by atoms with Gasteiger partial charge in [-0.2, -0.15) is 0 Å². The summed E-state index contributed by atoms with van der Waals surface area (Å²) in [5.74, 6) is -1.15. The van der Waals surface area contributed by atoms with Crippen LogP contribution in [0.15, 0.2) is 30.3 Å². The number of rotatable bonds is 8. The predicted molar refractivity (Wildman–Crippen MR) is 71.2 cm³/mol. The molecule has 2 atom stereocenters. The molecule has 0 spiro atoms. The first-order chi connectivity index (χ1) is 9.68. The molecule has 1 aromatic carbocycles. The number of carbonyl (C=O) groups is 1. The molecular formula is C12H17O8P. The summed E-state index contributed by atoms with van der Waals surface area (Å²) in [7, 11) is -4.86. The number of aliphatic hydroxyl groups excluding tert-OH is 2. The maximum Gasteiger partial charge on any atom is 0.470 e. The fourth-order valence-electron chi connectivity index (χ4n) is 1.71. The summed E-state index contributed by atoms with van der Waals surface area (Å²) < 4.78 is 14.5. The first-order valence-electron chi connectivity index (χ1n) is 5.96. The van der Waals surface area contributed by atoms with E-state index in [0.29, 0.717) is 5.56 Å². The molecule has 0 aliphatic heterocycles. The fourth-order valence-corrected chi connectivity index (χ4v) is 2.01. The van der Waals surface area contributed by atoms with Crippen molar-refractivity contribution in [3.8, 4) is 0 Å². The number of phosphoric ester groups is 1. The van der Waals surface area contributed by atoms with Crippen molar-refractivity contribution in [2.24, 2.45) is 0 Å². The van der Waals surface area contributed by atoms with Crippen molar-refractivity contribution in [2.45, 2.75) is 18.1 Å². The topological polar surface area (TPSA) is 145 Å². The maximum absolute atomic E-state index is 11.6. The van der Waals surface area contributed by atoms with E-state index in [0.717, 1.165) is 0 Å². The van der Waals surface area contributed by atoms with E-state index in [9.17, 15) is 24.7 Å². The highest BCUT2D eigenvalue weighted by atomic mass is 31.2. The van der Waals surface area contributed by atoms with E-state index >= 15 is 0 Å². The molecular weight excluding hydrogens is 303 g/mol. The van der Waals surface area contributed by atoms with Crippen LogP contribution in [0.25, 0.3) is 0 Å². The summed E-state index contributed by atoms with van der Waals surface area (Å²) in [6.45, 7) is -1.99. The molecule has 0 saturated carbocycles. The maximum atomic E-state index is 11.6. The third kappa shape index (κ3) is 5.64. The molecule has 5 N–H and O–H groups in total. The van der Waals surface area contributed by atoms with Crippen LogP contribution in [0.1, 0.15) is 5.56 Å². The van der Waals surface area contributed by atoms with E-state index < -0.39 is 38.5 Å². The van der Waals surface area contributed by atoms with Crippen LogP contribution in [-0.2, 0) is 20.3 Å². The second kappa shape index (κ2) is 7.24. The van der Waals surface area contributed by atoms with Crippen LogP contribution in [0.5, 0.6) is 0 Å². The summed E-state index contributed by atoms with van der Waals surface area (Å²) >= 11 is 0. The van der Waals surface area contributed by atoms with E-state index in [1.165, 1.54) is 0 Å². The van der Waals surface area contributed by atoms with Gasteiger partial charge in [-0.25, -0.2) is 4.57 Å². The van der Waals surface area contributed by atoms with Crippen molar-refractivity contribution in [3.63, 3.8) is 0 Å². The monoisotopic (exact) mass is 320 g/mol. The Balaban J connectivity index is 2.77. The van der Waals surface area contributed by atoms with Crippen LogP contribution in [0.4, 0.5) is 0 Å². The lowest BCUT2D eigenvalue weighted by atomic mass is 9.87. The minimum atomic E-state index is -4.86. The van der Waals surface area contributed by atoms with Gasteiger partial charge in [0.15, 0.2) is 5.78 Å². The zero-order valence-corrected chi connectivity index (χ0v) is 11.9. The van der Waals surface area contributed by atoms with E-state index in [1.54, 1.807) is 30.3 Å². The number of ketones is 1. The molecule has 2 unspecified atom stereocenters. The van der Waals surface area contributed by atoms with Gasteiger partial charge in [0.05, 0.1) is 6.61 Å². The second-order valence-corrected chi connectivity index (χ2v) is 5.80. The highest BCUT2D eigenvalue weighted by Gasteiger charge is 2.40. The molecule has 9 heteroatoms. The molecule has 8 nitrogen and oxygen atoms in total. The van der Waals surface area contributed by atoms with Gasteiger partial charge in [0, 0.05) is 6.42 Å². The third-order valence-corrected chi connectivity index (χ3v) is 3.28. The molecule has 21 heavy (non-hydrogen) atoms. The van der Waals surface area contributed by atoms with E-state index in [2.05, 4.69) is 4.52 Å². The Hall–Kier alpha value is -1.12. The van der Waals surface area contributed by atoms with E-state index in [4.69, 9.17) is 9.79 Å². The zero-order chi connectivity index (χ0) is 16.1. The molecule has 118 valence electrons. The molecule has 0 radical (unpaired) electrons. The number of hydrogen-bond acceptors (Lipinski definition) is 6. The predicted octanol–water partition coefficient (Wildman–Crippen LogP) is -1.01. The summed E-state index contributed by atoms with van der Waals surface area (Å²) in [5, 5.41) is 29.2. The second-order valence-electron chi connectivity index (χ2n) is 4.56. The fraction of sp³-hybridized carbons (Fsp3) is 0.417. The van der Waals surface area contributed by atoms with Gasteiger partial charge in [0.25, 0.3) is 0 Å². The number of phosphoric acid groups is 1. The number of benzene rings is 1. The Morgan fingerprint density at radius 1 is 1.29 bits per heavy atom. The summed E-state index contributed by atoms with van der Waals surface area (Å²) in [6.07, 6.45) is -2.26. The van der Waals surface area contributed by atoms with E-state index in [-0.39, 0.29) is 6.42 Å². The Labute approximate surface area is 120 Å². The van der Waals surface area contributed by atoms with Crippen molar-refractivity contribution in [1.82, 2.24) is 0 Å². The Morgan fingerprint density at radius 2 is 1.86 bits per heavy atom. The third-order valence-electron chi connectivity index (χ3n) is 2.82. The Kier molecular flexibility index (Phi) is 6.18. The minimum Gasteiger partial charge on any atom is -0.393 e. The number of carbonyl (C=O) groups excluding carboxylic acids is 1. The van der Waals surface area contributed by atoms with Gasteiger partial charge in [0.1, 0.15) is 18.3 Å². The minimum absolute atomic E-state index is 0.215. The molecule has 0 saturated heterocycles. The first kappa shape index (κ1) is 17.9. The van der Waals surface area contributed by atoms with Crippen molar-refractivity contribution in [2.75, 3.05) is 13.2 Å². The van der Waals surface area contributed by atoms with Gasteiger partial charge >= 0.3 is 7.82 Å². The quantitative estimate of drug-likeness (QED) is 0.383. The summed E-state index contributed by atoms with van der Waals surface area (Å²) in [6, 6.07) is 8.35. The molecule has 0 aliphatic carbocycles. The van der Waals surface area contributed by atoms with Gasteiger partial charge in [-0.05, 0) is 5.56 Å². The van der Waals surface area contributed by atoms with Crippen molar-refractivity contribution in [3.05, 3.63) is 35.9 Å². The Bertz CT molecular complexity index is 513. The smallest absolute Gasteiger partial charge is 0.393 e. The average Bonchev–Trinajstić information content (AvgIpc) is 2.44. The molecule has 0 aliphatic rings. The van der Waals surface area contributed by atoms with Gasteiger partial charge in [-0.3, -0.25) is 9.32 Å². The van der Waals surface area contributed by atoms with Gasteiger partial charge in [-0.15, -0.1) is 0 Å². The van der Waals surface area contributed by atoms with Crippen LogP contribution in [0.2, 0.25) is 0 Å². The molecule has 0 aromatic heterocycles. The average molecular weight is 320 g/mol. The lowest BCUT2D eigenvalue weighted by Crippen LogP contribution is -2.52. The van der Waals surface area contributed by atoms with Gasteiger partial charge < -0.3 is 25.1 Å². The number of Topliss-reactive ketones (excluding diaryl/α,β-unsaturated/α-hetero) is 1. The van der Waals surface area contributed by atoms with Crippen LogP contribution >= 0.6 is 7.82 Å². The van der Waals surface area contributed by atoms with Crippen LogP contribution in [0, 0.1) is 0 Å². The largest absolute Gasteiger partial charge is 0.470 e. The molecule has 1 aromatic rings. The lowest BCUT2D eigenvalue weighted by Gasteiger charge is -2.30. The first-order valence-corrected chi connectivity index (χ1v) is 7.49. The van der Waals surface area contributed by atoms with E-state index in [1.807, 2.05) is 0 Å². The van der Waals surface area contributed by atoms with Gasteiger partial charge in [-0.1, -0.05) is 30.3 Å². The van der Waals surface area contributed by atoms with Crippen molar-refractivity contribution in [1.29, 1.82) is 0 Å². The standard InChI is InChI=1S/C12H17O8P/c13-8-12(16,6-9-4-2-1-3-5-9)11(15)10(14)7-20-21(17,18)19/h1-5,11,13,15-16H,6-8H2,(H2,17,18,19). The highest BCUT2D eigenvalue weighted by molar-refractivity contribution is 7.46. The van der Waals surface area contributed by atoms with Crippen LogP contribution in [0.3, 0.4) is 0 Å². The molecule has 0 fully saturated rings. The number of aliphatic hydroxyl groups is 3. The number of hydrogen-bond donors (Lipinski definition) is 5. The van der Waals surface area contributed by atoms with Crippen molar-refractivity contribution >= 4 is 13.6 Å². The molecule has 1 rings (SSSR count). The highest BCUT2D eigenvalue weighted by Crippen LogP contribution is 2.35. The normalized spacial score (nSPS) is 16.2. The summed E-state index contributed by atoms with van der Waals surface area (Å²) in [5.41, 5.74) is -1.60. The van der Waals surface area contributed by atoms with Crippen LogP contribution < -0.4 is 0 Å². The van der Waals surface area contributed by atoms with Crippen LogP contribution in [-0.4, -0.2) is 55.8 Å². The van der Waals surface area contributed by atoms with Gasteiger partial charge in [0.2, 0.25) is 0 Å². The zero-order valence-electron chi connectivity index (χ0n) is 11.0. The molecule has 0 heterocycles. The SMILES string of the molecule is O=C(COP(=O)(O)O)C(O)C(O)(CO)Cc1ccccc1. The Morgan fingerprint density at radius 3 is 2.33 bits per heavy atom. The lowest BCUT2D eigenvalue weighted by molar-refractivity contribution is -0.151. The molecule has 0 amide bonds. The molecule has 0 bridgehead atoms. The summed E-state index contributed by atoms with van der Waals surface area (Å²) in [4.78, 5) is 28.6.